The summed E-state index contributed by atoms with van der Waals surface area (Å²) >= 11 is 0. The molecule has 4 nitrogen and oxygen atoms in total. The molecule has 0 spiro atoms. The third-order valence-corrected chi connectivity index (χ3v) is 2.61. The molecule has 0 aliphatic rings. The van der Waals surface area contributed by atoms with Gasteiger partial charge in [0.1, 0.15) is 18.1 Å². The van der Waals surface area contributed by atoms with Crippen molar-refractivity contribution in [3.8, 4) is 6.07 Å². The first kappa shape index (κ1) is 12.1. The lowest BCUT2D eigenvalue weighted by Gasteiger charge is -2.05. The number of carbonyl (C=O) groups excluding carboxylic acids is 1. The molecule has 0 atom stereocenters. The van der Waals surface area contributed by atoms with Gasteiger partial charge in [0.15, 0.2) is 0 Å². The number of aromatic nitrogens is 1. The van der Waals surface area contributed by atoms with Crippen molar-refractivity contribution in [3.05, 3.63) is 35.8 Å². The molecule has 18 heavy (non-hydrogen) atoms. The number of hydrogen-bond donors (Lipinski definition) is 0. The number of hydrogen-bond acceptors (Lipinski definition) is 3. The third kappa shape index (κ3) is 1.93. The Kier molecular flexibility index (Phi) is 3.28. The Labute approximate surface area is 103 Å². The maximum Gasteiger partial charge on any atom is 0.355 e. The predicted molar refractivity (Wildman–Crippen MR) is 63.5 cm³/mol. The third-order valence-electron chi connectivity index (χ3n) is 2.61. The van der Waals surface area contributed by atoms with E-state index in [2.05, 4.69) is 0 Å². The van der Waals surface area contributed by atoms with E-state index in [1.165, 1.54) is 16.7 Å². The lowest BCUT2D eigenvalue weighted by molar-refractivity contribution is 0.0515. The summed E-state index contributed by atoms with van der Waals surface area (Å²) in [5, 5.41) is 9.10. The number of nitrogens with zero attached hydrogens (tertiary/aromatic N) is 2. The number of benzene rings is 1. The van der Waals surface area contributed by atoms with Crippen LogP contribution in [-0.2, 0) is 11.3 Å². The molecule has 1 aromatic carbocycles. The van der Waals surface area contributed by atoms with Crippen LogP contribution >= 0.6 is 0 Å². The maximum absolute atomic E-state index is 13.6. The van der Waals surface area contributed by atoms with Crippen LogP contribution in [0.5, 0.6) is 0 Å². The molecule has 1 heterocycles. The Morgan fingerprint density at radius 1 is 1.56 bits per heavy atom. The molecule has 0 N–H and O–H groups in total. The van der Waals surface area contributed by atoms with Crippen LogP contribution in [0.3, 0.4) is 0 Å². The van der Waals surface area contributed by atoms with Crippen molar-refractivity contribution in [2.75, 3.05) is 6.61 Å². The molecule has 0 fully saturated rings. The van der Waals surface area contributed by atoms with E-state index in [1.807, 2.05) is 6.07 Å². The zero-order valence-corrected chi connectivity index (χ0v) is 9.81. The van der Waals surface area contributed by atoms with E-state index in [1.54, 1.807) is 19.1 Å². The topological polar surface area (TPSA) is 55.0 Å². The van der Waals surface area contributed by atoms with Gasteiger partial charge in [0, 0.05) is 5.39 Å². The minimum Gasteiger partial charge on any atom is -0.461 e. The monoisotopic (exact) mass is 246 g/mol. The van der Waals surface area contributed by atoms with Crippen molar-refractivity contribution in [2.45, 2.75) is 13.5 Å². The minimum absolute atomic E-state index is 0.0267. The fourth-order valence-corrected chi connectivity index (χ4v) is 1.86. The van der Waals surface area contributed by atoms with Gasteiger partial charge >= 0.3 is 5.97 Å². The van der Waals surface area contributed by atoms with Crippen LogP contribution in [0.4, 0.5) is 4.39 Å². The molecular weight excluding hydrogens is 235 g/mol. The van der Waals surface area contributed by atoms with E-state index in [4.69, 9.17) is 10.00 Å². The average Bonchev–Trinajstić information content (AvgIpc) is 2.71. The van der Waals surface area contributed by atoms with Gasteiger partial charge in [0.25, 0.3) is 0 Å². The fourth-order valence-electron chi connectivity index (χ4n) is 1.86. The van der Waals surface area contributed by atoms with Crippen LogP contribution in [0.2, 0.25) is 0 Å². The number of rotatable bonds is 3. The number of carbonyl (C=O) groups is 1. The lowest BCUT2D eigenvalue weighted by atomic mass is 10.2. The van der Waals surface area contributed by atoms with Crippen LogP contribution in [-0.4, -0.2) is 17.1 Å². The summed E-state index contributed by atoms with van der Waals surface area (Å²) in [6.07, 6.45) is 0. The Morgan fingerprint density at radius 2 is 2.33 bits per heavy atom. The Balaban J connectivity index is 2.65. The molecule has 0 aliphatic carbocycles. The summed E-state index contributed by atoms with van der Waals surface area (Å²) in [5.74, 6) is -0.974. The summed E-state index contributed by atoms with van der Waals surface area (Å²) in [5.41, 5.74) is 0.707. The fraction of sp³-hybridized carbons (Fsp3) is 0.231. The van der Waals surface area contributed by atoms with Gasteiger partial charge in [-0.2, -0.15) is 5.26 Å². The largest absolute Gasteiger partial charge is 0.461 e. The van der Waals surface area contributed by atoms with Crippen LogP contribution in [0.25, 0.3) is 10.9 Å². The molecule has 1 aromatic heterocycles. The van der Waals surface area contributed by atoms with E-state index in [-0.39, 0.29) is 18.8 Å². The van der Waals surface area contributed by atoms with E-state index in [9.17, 15) is 9.18 Å². The minimum atomic E-state index is -0.552. The van der Waals surface area contributed by atoms with Crippen molar-refractivity contribution in [1.82, 2.24) is 4.57 Å². The first-order chi connectivity index (χ1) is 8.69. The van der Waals surface area contributed by atoms with Gasteiger partial charge in [-0.15, -0.1) is 0 Å². The first-order valence-corrected chi connectivity index (χ1v) is 5.50. The van der Waals surface area contributed by atoms with Gasteiger partial charge in [0.05, 0.1) is 18.2 Å². The Morgan fingerprint density at radius 3 is 3.00 bits per heavy atom. The van der Waals surface area contributed by atoms with Crippen molar-refractivity contribution >= 4 is 16.9 Å². The van der Waals surface area contributed by atoms with Crippen LogP contribution in [0, 0.1) is 17.1 Å². The van der Waals surface area contributed by atoms with E-state index in [0.29, 0.717) is 10.9 Å². The molecule has 0 saturated carbocycles. The van der Waals surface area contributed by atoms with E-state index >= 15 is 0 Å². The number of fused-ring (bicyclic) bond motifs is 1. The Hall–Kier alpha value is -2.35. The number of nitriles is 1. The van der Waals surface area contributed by atoms with Gasteiger partial charge in [-0.05, 0) is 25.1 Å². The SMILES string of the molecule is CCOC(=O)c1cc2c(F)cccc2n1CC#N. The van der Waals surface area contributed by atoms with E-state index < -0.39 is 11.8 Å². The lowest BCUT2D eigenvalue weighted by Crippen LogP contribution is -2.11. The molecule has 0 saturated heterocycles. The van der Waals surface area contributed by atoms with Crippen LogP contribution < -0.4 is 0 Å². The second-order valence-electron chi connectivity index (χ2n) is 3.67. The highest BCUT2D eigenvalue weighted by Crippen LogP contribution is 2.23. The molecule has 5 heteroatoms. The zero-order chi connectivity index (χ0) is 13.1. The molecule has 0 amide bonds. The number of halogens is 1. The first-order valence-electron chi connectivity index (χ1n) is 5.50. The average molecular weight is 246 g/mol. The molecule has 0 unspecified atom stereocenters. The van der Waals surface area contributed by atoms with Gasteiger partial charge in [-0.25, -0.2) is 9.18 Å². The standard InChI is InChI=1S/C13H11FN2O2/c1-2-18-13(17)12-8-9-10(14)4-3-5-11(9)16(12)7-6-15/h3-5,8H,2,7H2,1H3. The zero-order valence-electron chi connectivity index (χ0n) is 9.81. The van der Waals surface area contributed by atoms with E-state index in [0.717, 1.165) is 0 Å². The van der Waals surface area contributed by atoms with Gasteiger partial charge in [-0.3, -0.25) is 0 Å². The molecule has 0 aliphatic heterocycles. The summed E-state index contributed by atoms with van der Waals surface area (Å²) in [6, 6.07) is 7.89. The van der Waals surface area contributed by atoms with Gasteiger partial charge in [-0.1, -0.05) is 6.07 Å². The number of ether oxygens (including phenoxy) is 1. The van der Waals surface area contributed by atoms with Crippen LogP contribution in [0.1, 0.15) is 17.4 Å². The highest BCUT2D eigenvalue weighted by molar-refractivity contribution is 5.95. The summed E-state index contributed by atoms with van der Waals surface area (Å²) in [7, 11) is 0. The summed E-state index contributed by atoms with van der Waals surface area (Å²) in [4.78, 5) is 11.7. The smallest absolute Gasteiger partial charge is 0.355 e. The molecule has 0 bridgehead atoms. The van der Waals surface area contributed by atoms with Crippen molar-refractivity contribution < 1.29 is 13.9 Å². The number of esters is 1. The van der Waals surface area contributed by atoms with Gasteiger partial charge < -0.3 is 9.30 Å². The van der Waals surface area contributed by atoms with Crippen molar-refractivity contribution in [2.24, 2.45) is 0 Å². The quantitative estimate of drug-likeness (QED) is 0.782. The molecule has 0 radical (unpaired) electrons. The van der Waals surface area contributed by atoms with Crippen molar-refractivity contribution in [1.29, 1.82) is 5.26 Å². The maximum atomic E-state index is 13.6. The summed E-state index contributed by atoms with van der Waals surface area (Å²) < 4.78 is 20.0. The Bertz CT molecular complexity index is 640. The second kappa shape index (κ2) is 4.88. The van der Waals surface area contributed by atoms with Crippen molar-refractivity contribution in [3.63, 3.8) is 0 Å². The highest BCUT2D eigenvalue weighted by Gasteiger charge is 2.17. The second-order valence-corrected chi connectivity index (χ2v) is 3.67. The molecule has 92 valence electrons. The van der Waals surface area contributed by atoms with Gasteiger partial charge in [0.2, 0.25) is 0 Å². The summed E-state index contributed by atoms with van der Waals surface area (Å²) in [6.45, 7) is 1.90. The molecular formula is C13H11FN2O2. The highest BCUT2D eigenvalue weighted by atomic mass is 19.1. The normalized spacial score (nSPS) is 10.3. The molecule has 2 rings (SSSR count). The predicted octanol–water partition coefficient (Wildman–Crippen LogP) is 2.48. The molecule has 2 aromatic rings. The van der Waals surface area contributed by atoms with Crippen LogP contribution in [0.15, 0.2) is 24.3 Å².